The summed E-state index contributed by atoms with van der Waals surface area (Å²) in [4.78, 5) is 11.6. The highest BCUT2D eigenvalue weighted by Crippen LogP contribution is 2.21. The Kier molecular flexibility index (Phi) is 5.65. The van der Waals surface area contributed by atoms with E-state index >= 15 is 0 Å². The summed E-state index contributed by atoms with van der Waals surface area (Å²) in [6.07, 6.45) is -0.272. The zero-order valence-electron chi connectivity index (χ0n) is 13.3. The number of aromatic nitrogens is 1. The number of aryl methyl sites for hydroxylation is 1. The van der Waals surface area contributed by atoms with E-state index in [1.165, 1.54) is 0 Å². The van der Waals surface area contributed by atoms with Crippen LogP contribution < -0.4 is 4.90 Å². The first-order valence-corrected chi connectivity index (χ1v) is 8.96. The zero-order valence-corrected chi connectivity index (χ0v) is 14.1. The van der Waals surface area contributed by atoms with Crippen LogP contribution in [0.1, 0.15) is 5.69 Å². The highest BCUT2D eigenvalue weighted by molar-refractivity contribution is 7.13. The molecule has 0 radical (unpaired) electrons. The number of aliphatic hydroxyl groups is 1. The van der Waals surface area contributed by atoms with Gasteiger partial charge >= 0.3 is 0 Å². The lowest BCUT2D eigenvalue weighted by Crippen LogP contribution is -2.50. The van der Waals surface area contributed by atoms with Gasteiger partial charge in [-0.3, -0.25) is 9.80 Å². The van der Waals surface area contributed by atoms with Gasteiger partial charge in [-0.15, -0.1) is 11.3 Å². The number of anilines is 1. The molecule has 0 aliphatic carbocycles. The minimum Gasteiger partial charge on any atom is -0.390 e. The Morgan fingerprint density at radius 2 is 1.77 bits per heavy atom. The minimum atomic E-state index is -0.272. The summed E-state index contributed by atoms with van der Waals surface area (Å²) in [5.41, 5.74) is 1.10. The van der Waals surface area contributed by atoms with E-state index in [2.05, 4.69) is 25.1 Å². The molecular formula is C15H26N4O2S. The Morgan fingerprint density at radius 3 is 2.36 bits per heavy atom. The van der Waals surface area contributed by atoms with Crippen molar-refractivity contribution in [2.24, 2.45) is 0 Å². The van der Waals surface area contributed by atoms with Gasteiger partial charge in [0, 0.05) is 57.7 Å². The summed E-state index contributed by atoms with van der Waals surface area (Å²) in [6, 6.07) is 0. The van der Waals surface area contributed by atoms with Crippen LogP contribution in [0.25, 0.3) is 0 Å². The molecule has 2 aliphatic rings. The highest BCUT2D eigenvalue weighted by atomic mass is 32.1. The van der Waals surface area contributed by atoms with Gasteiger partial charge in [0.25, 0.3) is 0 Å². The number of nitrogens with zero attached hydrogens (tertiary/aromatic N) is 4. The number of morpholine rings is 1. The third kappa shape index (κ3) is 4.39. The summed E-state index contributed by atoms with van der Waals surface area (Å²) in [5.74, 6) is 0. The molecule has 7 heteroatoms. The fourth-order valence-electron chi connectivity index (χ4n) is 3.05. The lowest BCUT2D eigenvalue weighted by Gasteiger charge is -2.36. The zero-order chi connectivity index (χ0) is 15.4. The fourth-order valence-corrected chi connectivity index (χ4v) is 3.90. The Labute approximate surface area is 136 Å². The van der Waals surface area contributed by atoms with Crippen LogP contribution in [-0.2, 0) is 4.74 Å². The van der Waals surface area contributed by atoms with Crippen LogP contribution in [-0.4, -0.2) is 91.6 Å². The van der Waals surface area contributed by atoms with Crippen LogP contribution in [0.4, 0.5) is 5.13 Å². The van der Waals surface area contributed by atoms with Crippen LogP contribution in [0.15, 0.2) is 5.38 Å². The number of rotatable bonds is 5. The van der Waals surface area contributed by atoms with Crippen molar-refractivity contribution in [1.29, 1.82) is 0 Å². The molecule has 1 N–H and O–H groups in total. The van der Waals surface area contributed by atoms with Crippen molar-refractivity contribution < 1.29 is 9.84 Å². The van der Waals surface area contributed by atoms with Crippen LogP contribution in [0.2, 0.25) is 0 Å². The van der Waals surface area contributed by atoms with Crippen molar-refractivity contribution in [3.05, 3.63) is 11.1 Å². The number of β-amino-alcohol motifs (C(OH)–C–C–N with tert-alkyl or cyclic N) is 1. The summed E-state index contributed by atoms with van der Waals surface area (Å²) in [6.45, 7) is 11.0. The van der Waals surface area contributed by atoms with E-state index in [0.717, 1.165) is 76.4 Å². The second-order valence-electron chi connectivity index (χ2n) is 6.13. The van der Waals surface area contributed by atoms with Crippen LogP contribution in [0.3, 0.4) is 0 Å². The van der Waals surface area contributed by atoms with E-state index in [1.54, 1.807) is 11.3 Å². The third-order valence-electron chi connectivity index (χ3n) is 4.29. The second kappa shape index (κ2) is 7.70. The molecule has 22 heavy (non-hydrogen) atoms. The standard InChI is InChI=1S/C15H26N4O2S/c1-13-12-22-15(16-13)19-4-2-17(3-5-19)10-14(20)11-18-6-8-21-9-7-18/h12,14,20H,2-11H2,1H3/t14-/m1/s1. The Balaban J connectivity index is 1.39. The maximum Gasteiger partial charge on any atom is 0.185 e. The van der Waals surface area contributed by atoms with Crippen molar-refractivity contribution in [3.63, 3.8) is 0 Å². The molecular weight excluding hydrogens is 300 g/mol. The van der Waals surface area contributed by atoms with Crippen molar-refractivity contribution in [2.75, 3.05) is 70.5 Å². The SMILES string of the molecule is Cc1csc(N2CCN(C[C@@H](O)CN3CCOCC3)CC2)n1. The normalized spacial score (nSPS) is 22.9. The smallest absolute Gasteiger partial charge is 0.185 e. The van der Waals surface area contributed by atoms with E-state index in [9.17, 15) is 5.11 Å². The third-order valence-corrected chi connectivity index (χ3v) is 5.31. The lowest BCUT2D eigenvalue weighted by atomic mass is 10.2. The molecule has 0 spiro atoms. The van der Waals surface area contributed by atoms with Gasteiger partial charge in [-0.1, -0.05) is 0 Å². The van der Waals surface area contributed by atoms with Gasteiger partial charge in [0.2, 0.25) is 0 Å². The van der Waals surface area contributed by atoms with Crippen molar-refractivity contribution in [2.45, 2.75) is 13.0 Å². The minimum absolute atomic E-state index is 0.272. The molecule has 1 aromatic heterocycles. The van der Waals surface area contributed by atoms with Gasteiger partial charge in [0.15, 0.2) is 5.13 Å². The monoisotopic (exact) mass is 326 g/mol. The van der Waals surface area contributed by atoms with Gasteiger partial charge in [-0.2, -0.15) is 0 Å². The maximum absolute atomic E-state index is 10.3. The van der Waals surface area contributed by atoms with Crippen LogP contribution in [0.5, 0.6) is 0 Å². The topological polar surface area (TPSA) is 52.1 Å². The van der Waals surface area contributed by atoms with E-state index in [4.69, 9.17) is 4.74 Å². The van der Waals surface area contributed by atoms with Crippen molar-refractivity contribution in [1.82, 2.24) is 14.8 Å². The predicted octanol–water partition coefficient (Wildman–Crippen LogP) is 0.267. The summed E-state index contributed by atoms with van der Waals surface area (Å²) >= 11 is 1.72. The average Bonchev–Trinajstić information content (AvgIpc) is 2.95. The largest absolute Gasteiger partial charge is 0.390 e. The molecule has 2 fully saturated rings. The van der Waals surface area contributed by atoms with E-state index in [1.807, 2.05) is 6.92 Å². The van der Waals surface area contributed by atoms with Gasteiger partial charge in [-0.25, -0.2) is 4.98 Å². The first-order chi connectivity index (χ1) is 10.7. The molecule has 3 rings (SSSR count). The molecule has 124 valence electrons. The number of thiazole rings is 1. The van der Waals surface area contributed by atoms with Gasteiger partial charge < -0.3 is 14.7 Å². The first-order valence-electron chi connectivity index (χ1n) is 8.08. The Bertz CT molecular complexity index is 456. The van der Waals surface area contributed by atoms with Gasteiger partial charge in [0.05, 0.1) is 25.0 Å². The van der Waals surface area contributed by atoms with E-state index in [0.29, 0.717) is 0 Å². The Morgan fingerprint density at radius 1 is 1.14 bits per heavy atom. The van der Waals surface area contributed by atoms with E-state index in [-0.39, 0.29) is 6.10 Å². The molecule has 0 saturated carbocycles. The number of hydrogen-bond acceptors (Lipinski definition) is 7. The van der Waals surface area contributed by atoms with Crippen molar-refractivity contribution >= 4 is 16.5 Å². The second-order valence-corrected chi connectivity index (χ2v) is 6.96. The lowest BCUT2D eigenvalue weighted by molar-refractivity contribution is 0.00656. The number of piperazine rings is 1. The molecule has 0 unspecified atom stereocenters. The average molecular weight is 326 g/mol. The molecule has 0 aromatic carbocycles. The Hall–Kier alpha value is -0.730. The quantitative estimate of drug-likeness (QED) is 0.838. The molecule has 0 bridgehead atoms. The number of ether oxygens (including phenoxy) is 1. The van der Waals surface area contributed by atoms with Crippen LogP contribution in [0, 0.1) is 6.92 Å². The molecule has 1 aromatic rings. The number of hydrogen-bond donors (Lipinski definition) is 1. The van der Waals surface area contributed by atoms with Gasteiger partial charge in [0.1, 0.15) is 0 Å². The molecule has 0 amide bonds. The predicted molar refractivity (Wildman–Crippen MR) is 88.8 cm³/mol. The fraction of sp³-hybridized carbons (Fsp3) is 0.800. The van der Waals surface area contributed by atoms with E-state index < -0.39 is 0 Å². The van der Waals surface area contributed by atoms with Crippen LogP contribution >= 0.6 is 11.3 Å². The molecule has 2 aliphatic heterocycles. The summed E-state index contributed by atoms with van der Waals surface area (Å²) < 4.78 is 5.34. The molecule has 2 saturated heterocycles. The molecule has 1 atom stereocenters. The number of aliphatic hydroxyl groups excluding tert-OH is 1. The first kappa shape index (κ1) is 16.1. The summed E-state index contributed by atoms with van der Waals surface area (Å²) in [7, 11) is 0. The maximum atomic E-state index is 10.3. The van der Waals surface area contributed by atoms with Crippen molar-refractivity contribution in [3.8, 4) is 0 Å². The highest BCUT2D eigenvalue weighted by Gasteiger charge is 2.22. The molecule has 6 nitrogen and oxygen atoms in total. The summed E-state index contributed by atoms with van der Waals surface area (Å²) in [5, 5.41) is 13.5. The molecule has 3 heterocycles. The van der Waals surface area contributed by atoms with Gasteiger partial charge in [-0.05, 0) is 6.92 Å².